The van der Waals surface area contributed by atoms with Gasteiger partial charge in [-0.15, -0.1) is 0 Å². The van der Waals surface area contributed by atoms with E-state index in [9.17, 15) is 4.79 Å². The highest BCUT2D eigenvalue weighted by atomic mass is 16.3. The number of rotatable bonds is 11. The van der Waals surface area contributed by atoms with E-state index >= 15 is 0 Å². The van der Waals surface area contributed by atoms with Crippen LogP contribution in [0.3, 0.4) is 0 Å². The summed E-state index contributed by atoms with van der Waals surface area (Å²) in [6.45, 7) is 7.80. The number of benzene rings is 2. The summed E-state index contributed by atoms with van der Waals surface area (Å²) in [5, 5.41) is 2.87. The van der Waals surface area contributed by atoms with Crippen molar-refractivity contribution in [2.75, 3.05) is 27.2 Å². The van der Waals surface area contributed by atoms with Crippen molar-refractivity contribution in [1.82, 2.24) is 20.1 Å². The van der Waals surface area contributed by atoms with Gasteiger partial charge in [-0.25, -0.2) is 4.98 Å². The molecule has 32 heavy (non-hydrogen) atoms. The lowest BCUT2D eigenvalue weighted by molar-refractivity contribution is 0.0946. The summed E-state index contributed by atoms with van der Waals surface area (Å²) in [6, 6.07) is 19.1. The molecule has 0 radical (unpaired) electrons. The van der Waals surface area contributed by atoms with Gasteiger partial charge in [0.2, 0.25) is 5.89 Å². The first-order valence-electron chi connectivity index (χ1n) is 11.1. The zero-order valence-corrected chi connectivity index (χ0v) is 19.5. The molecule has 0 aliphatic carbocycles. The molecule has 0 unspecified atom stereocenters. The molecule has 6 nitrogen and oxygen atoms in total. The first-order chi connectivity index (χ1) is 15.4. The smallest absolute Gasteiger partial charge is 0.273 e. The van der Waals surface area contributed by atoms with Gasteiger partial charge < -0.3 is 14.6 Å². The predicted octanol–water partition coefficient (Wildman–Crippen LogP) is 4.29. The van der Waals surface area contributed by atoms with Gasteiger partial charge in [-0.3, -0.25) is 9.69 Å². The number of nitrogens with one attached hydrogen (secondary N) is 1. The van der Waals surface area contributed by atoms with Crippen LogP contribution in [0.25, 0.3) is 0 Å². The van der Waals surface area contributed by atoms with Crippen LogP contribution in [-0.4, -0.2) is 47.9 Å². The Morgan fingerprint density at radius 2 is 1.62 bits per heavy atom. The second-order valence-corrected chi connectivity index (χ2v) is 8.71. The summed E-state index contributed by atoms with van der Waals surface area (Å²) >= 11 is 0. The molecule has 1 heterocycles. The molecule has 0 fully saturated rings. The fraction of sp³-hybridized carbons (Fsp3) is 0.385. The SMILES string of the molecule is CC(C)c1ccc(CN(Cc2ccccc2)Cc2nc(C(=O)NCCN(C)C)co2)cc1. The topological polar surface area (TPSA) is 61.6 Å². The summed E-state index contributed by atoms with van der Waals surface area (Å²) in [7, 11) is 3.94. The Morgan fingerprint density at radius 1 is 0.969 bits per heavy atom. The van der Waals surface area contributed by atoms with Gasteiger partial charge in [0.25, 0.3) is 5.91 Å². The van der Waals surface area contributed by atoms with Crippen LogP contribution >= 0.6 is 0 Å². The van der Waals surface area contributed by atoms with Crippen molar-refractivity contribution >= 4 is 5.91 Å². The quantitative estimate of drug-likeness (QED) is 0.488. The average molecular weight is 435 g/mol. The highest BCUT2D eigenvalue weighted by molar-refractivity contribution is 5.91. The lowest BCUT2D eigenvalue weighted by Gasteiger charge is -2.21. The number of amides is 1. The zero-order chi connectivity index (χ0) is 22.9. The fourth-order valence-corrected chi connectivity index (χ4v) is 3.44. The van der Waals surface area contributed by atoms with Crippen LogP contribution in [0.15, 0.2) is 65.3 Å². The minimum Gasteiger partial charge on any atom is -0.447 e. The Bertz CT molecular complexity index is 965. The van der Waals surface area contributed by atoms with Gasteiger partial charge >= 0.3 is 0 Å². The maximum Gasteiger partial charge on any atom is 0.273 e. The maximum absolute atomic E-state index is 12.3. The third kappa shape index (κ3) is 7.32. The summed E-state index contributed by atoms with van der Waals surface area (Å²) in [5.41, 5.74) is 4.11. The molecule has 0 aliphatic rings. The third-order valence-electron chi connectivity index (χ3n) is 5.29. The Labute approximate surface area is 191 Å². The van der Waals surface area contributed by atoms with Crippen LogP contribution in [0.2, 0.25) is 0 Å². The van der Waals surface area contributed by atoms with E-state index in [-0.39, 0.29) is 5.91 Å². The van der Waals surface area contributed by atoms with Crippen molar-refractivity contribution in [3.63, 3.8) is 0 Å². The molecule has 3 aromatic rings. The molecule has 1 amide bonds. The normalized spacial score (nSPS) is 11.5. The summed E-state index contributed by atoms with van der Waals surface area (Å²) in [4.78, 5) is 21.1. The Morgan fingerprint density at radius 3 is 2.25 bits per heavy atom. The zero-order valence-electron chi connectivity index (χ0n) is 19.5. The standard InChI is InChI=1S/C26H34N4O2/c1-20(2)23-12-10-22(11-13-23)17-30(16-21-8-6-5-7-9-21)18-25-28-24(19-32-25)26(31)27-14-15-29(3)4/h5-13,19-20H,14-18H2,1-4H3,(H,27,31). The van der Waals surface area contributed by atoms with E-state index in [2.05, 4.69) is 65.4 Å². The minimum atomic E-state index is -0.208. The summed E-state index contributed by atoms with van der Waals surface area (Å²) in [6.07, 6.45) is 1.44. The van der Waals surface area contributed by atoms with Crippen molar-refractivity contribution in [2.24, 2.45) is 0 Å². The number of carbonyl (C=O) groups excluding carboxylic acids is 1. The molecule has 0 saturated carbocycles. The molecule has 0 aliphatic heterocycles. The molecule has 1 aromatic heterocycles. The van der Waals surface area contributed by atoms with Crippen molar-refractivity contribution in [3.8, 4) is 0 Å². The van der Waals surface area contributed by atoms with Crippen LogP contribution in [0, 0.1) is 0 Å². The van der Waals surface area contributed by atoms with E-state index in [0.29, 0.717) is 30.6 Å². The minimum absolute atomic E-state index is 0.208. The van der Waals surface area contributed by atoms with Gasteiger partial charge in [0.1, 0.15) is 6.26 Å². The summed E-state index contributed by atoms with van der Waals surface area (Å²) < 4.78 is 5.65. The van der Waals surface area contributed by atoms with Crippen LogP contribution in [0.4, 0.5) is 0 Å². The number of aromatic nitrogens is 1. The monoisotopic (exact) mass is 434 g/mol. The molecule has 1 N–H and O–H groups in total. The first-order valence-corrected chi connectivity index (χ1v) is 11.1. The Kier molecular flexibility index (Phi) is 8.59. The summed E-state index contributed by atoms with van der Waals surface area (Å²) in [5.74, 6) is 0.845. The average Bonchev–Trinajstić information content (AvgIpc) is 3.23. The molecule has 170 valence electrons. The highest BCUT2D eigenvalue weighted by Gasteiger charge is 2.16. The van der Waals surface area contributed by atoms with Crippen molar-refractivity contribution in [1.29, 1.82) is 0 Å². The van der Waals surface area contributed by atoms with Gasteiger partial charge in [-0.2, -0.15) is 0 Å². The molecule has 0 spiro atoms. The third-order valence-corrected chi connectivity index (χ3v) is 5.29. The number of likely N-dealkylation sites (N-methyl/N-ethyl adjacent to an activating group) is 1. The molecule has 0 atom stereocenters. The van der Waals surface area contributed by atoms with E-state index < -0.39 is 0 Å². The Hall–Kier alpha value is -2.96. The van der Waals surface area contributed by atoms with E-state index in [1.165, 1.54) is 23.0 Å². The first kappa shape index (κ1) is 23.7. The molecule has 0 bridgehead atoms. The predicted molar refractivity (Wildman–Crippen MR) is 127 cm³/mol. The van der Waals surface area contributed by atoms with Gasteiger partial charge in [0, 0.05) is 26.2 Å². The maximum atomic E-state index is 12.3. The van der Waals surface area contributed by atoms with Crippen LogP contribution in [0.5, 0.6) is 0 Å². The number of hydrogen-bond donors (Lipinski definition) is 1. The number of oxazole rings is 1. The lowest BCUT2D eigenvalue weighted by Crippen LogP contribution is -2.31. The van der Waals surface area contributed by atoms with Gasteiger partial charge in [-0.1, -0.05) is 68.4 Å². The second-order valence-electron chi connectivity index (χ2n) is 8.71. The molecule has 2 aromatic carbocycles. The van der Waals surface area contributed by atoms with Crippen LogP contribution in [-0.2, 0) is 19.6 Å². The van der Waals surface area contributed by atoms with E-state index in [1.54, 1.807) is 0 Å². The van der Waals surface area contributed by atoms with Gasteiger partial charge in [-0.05, 0) is 36.7 Å². The van der Waals surface area contributed by atoms with E-state index in [4.69, 9.17) is 4.42 Å². The molecule has 3 rings (SSSR count). The molecular weight excluding hydrogens is 400 g/mol. The van der Waals surface area contributed by atoms with E-state index in [0.717, 1.165) is 19.6 Å². The number of nitrogens with zero attached hydrogens (tertiary/aromatic N) is 3. The van der Waals surface area contributed by atoms with Crippen LogP contribution < -0.4 is 5.32 Å². The number of hydrogen-bond acceptors (Lipinski definition) is 5. The largest absolute Gasteiger partial charge is 0.447 e. The van der Waals surface area contributed by atoms with Crippen molar-refractivity contribution in [2.45, 2.75) is 39.4 Å². The molecule has 0 saturated heterocycles. The fourth-order valence-electron chi connectivity index (χ4n) is 3.44. The van der Waals surface area contributed by atoms with Gasteiger partial charge in [0.15, 0.2) is 5.69 Å². The van der Waals surface area contributed by atoms with E-state index in [1.807, 2.05) is 37.2 Å². The van der Waals surface area contributed by atoms with Crippen LogP contribution in [0.1, 0.15) is 52.8 Å². The molecular formula is C26H34N4O2. The highest BCUT2D eigenvalue weighted by Crippen LogP contribution is 2.18. The van der Waals surface area contributed by atoms with Gasteiger partial charge in [0.05, 0.1) is 6.54 Å². The van der Waals surface area contributed by atoms with Crippen molar-refractivity contribution < 1.29 is 9.21 Å². The lowest BCUT2D eigenvalue weighted by atomic mass is 10.0. The molecule has 6 heteroatoms. The Balaban J connectivity index is 1.68. The number of carbonyl (C=O) groups is 1. The second kappa shape index (κ2) is 11.6. The van der Waals surface area contributed by atoms with Crippen molar-refractivity contribution in [3.05, 3.63) is 89.1 Å².